The zero-order chi connectivity index (χ0) is 30.1. The van der Waals surface area contributed by atoms with Gasteiger partial charge in [-0.2, -0.15) is 0 Å². The molecule has 0 aliphatic rings. The molecule has 0 unspecified atom stereocenters. The van der Waals surface area contributed by atoms with E-state index < -0.39 is 40.8 Å². The van der Waals surface area contributed by atoms with Gasteiger partial charge in [-0.3, -0.25) is 15.0 Å². The maximum atomic E-state index is 14.9. The van der Waals surface area contributed by atoms with Crippen molar-refractivity contribution in [3.63, 3.8) is 0 Å². The summed E-state index contributed by atoms with van der Waals surface area (Å²) in [6.07, 6.45) is -0.976. The molecule has 1 atom stereocenters. The van der Waals surface area contributed by atoms with Crippen molar-refractivity contribution in [1.29, 1.82) is 0 Å². The number of carbonyl (C=O) groups is 2. The van der Waals surface area contributed by atoms with Crippen LogP contribution < -0.4 is 21.6 Å². The third-order valence-corrected chi connectivity index (χ3v) is 6.27. The largest absolute Gasteiger partial charge is 0.455 e. The minimum absolute atomic E-state index is 0.0488. The van der Waals surface area contributed by atoms with Crippen LogP contribution in [0.1, 0.15) is 60.8 Å². The van der Waals surface area contributed by atoms with Gasteiger partial charge in [0.2, 0.25) is 0 Å². The molecule has 8 nitrogen and oxygen atoms in total. The van der Waals surface area contributed by atoms with E-state index in [1.165, 1.54) is 6.07 Å². The second-order valence-electron chi connectivity index (χ2n) is 10.7. The third kappa shape index (κ3) is 6.37. The SMILES string of the molecule is Cc1cc([C@@H](C)Nc2ccc(F)c(F)c2C(=O)NNC(=O)OC(C)(C)C)c2oc(-c3ccccc3)c(C)c(=O)c2c1. The van der Waals surface area contributed by atoms with Crippen molar-refractivity contribution < 1.29 is 27.5 Å². The molecule has 3 aromatic carbocycles. The van der Waals surface area contributed by atoms with Gasteiger partial charge < -0.3 is 14.5 Å². The van der Waals surface area contributed by atoms with Gasteiger partial charge in [0.1, 0.15) is 22.5 Å². The monoisotopic (exact) mass is 563 g/mol. The lowest BCUT2D eigenvalue weighted by molar-refractivity contribution is 0.0483. The van der Waals surface area contributed by atoms with Crippen LogP contribution in [-0.2, 0) is 4.74 Å². The molecule has 0 fully saturated rings. The van der Waals surface area contributed by atoms with E-state index in [2.05, 4.69) is 10.7 Å². The molecule has 2 amide bonds. The second-order valence-corrected chi connectivity index (χ2v) is 10.7. The average molecular weight is 564 g/mol. The fourth-order valence-corrected chi connectivity index (χ4v) is 4.43. The Bertz CT molecular complexity index is 1690. The highest BCUT2D eigenvalue weighted by Gasteiger charge is 2.25. The van der Waals surface area contributed by atoms with Crippen LogP contribution in [0.3, 0.4) is 0 Å². The summed E-state index contributed by atoms with van der Waals surface area (Å²) in [5.41, 5.74) is 5.20. The van der Waals surface area contributed by atoms with Crippen molar-refractivity contribution >= 4 is 28.7 Å². The highest BCUT2D eigenvalue weighted by molar-refractivity contribution is 6.00. The number of anilines is 1. The van der Waals surface area contributed by atoms with Crippen LogP contribution in [0.2, 0.25) is 0 Å². The van der Waals surface area contributed by atoms with Crippen LogP contribution in [0.25, 0.3) is 22.3 Å². The topological polar surface area (TPSA) is 110 Å². The number of ether oxygens (including phenoxy) is 1. The maximum absolute atomic E-state index is 14.9. The predicted octanol–water partition coefficient (Wildman–Crippen LogP) is 6.70. The Morgan fingerprint density at radius 2 is 1.66 bits per heavy atom. The summed E-state index contributed by atoms with van der Waals surface area (Å²) < 4.78 is 40.5. The van der Waals surface area contributed by atoms with Gasteiger partial charge in [0.15, 0.2) is 17.1 Å². The number of carbonyl (C=O) groups excluding carboxylic acids is 2. The standard InChI is InChI=1S/C31H31F2N3O5/c1-16-14-20(28-21(15-16)26(37)17(2)27(40-28)19-10-8-7-9-11-19)18(3)34-23-13-12-22(32)25(33)24(23)29(38)35-36-30(39)41-31(4,5)6/h7-15,18,34H,1-6H3,(H,35,38)(H,36,39)/t18-/m1/s1. The third-order valence-electron chi connectivity index (χ3n) is 6.27. The van der Waals surface area contributed by atoms with Crippen molar-refractivity contribution in [3.05, 3.63) is 98.7 Å². The normalized spacial score (nSPS) is 12.1. The highest BCUT2D eigenvalue weighted by atomic mass is 19.2. The summed E-state index contributed by atoms with van der Waals surface area (Å²) >= 11 is 0. The van der Waals surface area contributed by atoms with Crippen LogP contribution in [0.4, 0.5) is 19.3 Å². The lowest BCUT2D eigenvalue weighted by atomic mass is 9.98. The Labute approximate surface area is 235 Å². The van der Waals surface area contributed by atoms with Gasteiger partial charge in [0.05, 0.1) is 17.1 Å². The number of halogens is 2. The first-order valence-electron chi connectivity index (χ1n) is 12.9. The van der Waals surface area contributed by atoms with Gasteiger partial charge >= 0.3 is 6.09 Å². The van der Waals surface area contributed by atoms with Crippen LogP contribution in [0.5, 0.6) is 0 Å². The van der Waals surface area contributed by atoms with E-state index in [1.54, 1.807) is 40.7 Å². The zero-order valence-corrected chi connectivity index (χ0v) is 23.6. The number of nitrogens with one attached hydrogen (secondary N) is 3. The second kappa shape index (κ2) is 11.4. The van der Waals surface area contributed by atoms with Gasteiger partial charge in [-0.1, -0.05) is 36.4 Å². The summed E-state index contributed by atoms with van der Waals surface area (Å²) in [4.78, 5) is 38.2. The molecule has 10 heteroatoms. The quantitative estimate of drug-likeness (QED) is 0.233. The fraction of sp³-hybridized carbons (Fsp3) is 0.258. The van der Waals surface area contributed by atoms with E-state index in [9.17, 15) is 23.2 Å². The smallest absolute Gasteiger partial charge is 0.426 e. The van der Waals surface area contributed by atoms with Crippen molar-refractivity contribution in [2.75, 3.05) is 5.32 Å². The van der Waals surface area contributed by atoms with E-state index in [-0.39, 0.29) is 11.1 Å². The van der Waals surface area contributed by atoms with Crippen molar-refractivity contribution in [2.45, 2.75) is 53.2 Å². The number of benzene rings is 3. The van der Waals surface area contributed by atoms with E-state index >= 15 is 0 Å². The Morgan fingerprint density at radius 1 is 0.976 bits per heavy atom. The first kappa shape index (κ1) is 29.3. The number of amides is 2. The summed E-state index contributed by atoms with van der Waals surface area (Å²) in [7, 11) is 0. The molecule has 4 aromatic rings. The number of fused-ring (bicyclic) bond motifs is 1. The molecule has 0 aliphatic carbocycles. The highest BCUT2D eigenvalue weighted by Crippen LogP contribution is 2.33. The number of hydrazine groups is 1. The number of hydrogen-bond donors (Lipinski definition) is 3. The molecule has 4 rings (SSSR count). The Hall–Kier alpha value is -4.73. The molecule has 1 heterocycles. The summed E-state index contributed by atoms with van der Waals surface area (Å²) in [5.74, 6) is -3.35. The van der Waals surface area contributed by atoms with Crippen LogP contribution >= 0.6 is 0 Å². The molecule has 1 aromatic heterocycles. The van der Waals surface area contributed by atoms with Gasteiger partial charge in [0, 0.05) is 16.7 Å². The lowest BCUT2D eigenvalue weighted by Gasteiger charge is -2.22. The number of hydrogen-bond acceptors (Lipinski definition) is 6. The van der Waals surface area contributed by atoms with E-state index in [0.717, 1.165) is 17.2 Å². The number of aryl methyl sites for hydroxylation is 1. The van der Waals surface area contributed by atoms with Gasteiger partial charge in [-0.05, 0) is 65.3 Å². The van der Waals surface area contributed by atoms with Gasteiger partial charge in [0.25, 0.3) is 5.91 Å². The Kier molecular flexibility index (Phi) is 8.14. The van der Waals surface area contributed by atoms with E-state index in [1.807, 2.05) is 48.7 Å². The predicted molar refractivity (Wildman–Crippen MR) is 153 cm³/mol. The summed E-state index contributed by atoms with van der Waals surface area (Å²) in [6, 6.07) is 14.2. The molecule has 0 saturated carbocycles. The van der Waals surface area contributed by atoms with E-state index in [4.69, 9.17) is 9.15 Å². The molecule has 41 heavy (non-hydrogen) atoms. The van der Waals surface area contributed by atoms with Crippen LogP contribution in [0.15, 0.2) is 63.8 Å². The molecule has 0 spiro atoms. The molecule has 0 radical (unpaired) electrons. The number of rotatable bonds is 5. The minimum Gasteiger partial charge on any atom is -0.455 e. The zero-order valence-electron chi connectivity index (χ0n) is 23.6. The van der Waals surface area contributed by atoms with Crippen LogP contribution in [-0.4, -0.2) is 17.6 Å². The fourth-order valence-electron chi connectivity index (χ4n) is 4.43. The first-order chi connectivity index (χ1) is 19.3. The minimum atomic E-state index is -1.41. The Morgan fingerprint density at radius 3 is 2.32 bits per heavy atom. The van der Waals surface area contributed by atoms with Gasteiger partial charge in [-0.25, -0.2) is 19.0 Å². The molecule has 3 N–H and O–H groups in total. The first-order valence-corrected chi connectivity index (χ1v) is 12.9. The molecule has 0 saturated heterocycles. The molecule has 0 bridgehead atoms. The van der Waals surface area contributed by atoms with Crippen molar-refractivity contribution in [2.24, 2.45) is 0 Å². The van der Waals surface area contributed by atoms with Crippen LogP contribution in [0, 0.1) is 25.5 Å². The average Bonchev–Trinajstić information content (AvgIpc) is 2.91. The van der Waals surface area contributed by atoms with Crippen molar-refractivity contribution in [1.82, 2.24) is 10.9 Å². The molecular formula is C31H31F2N3O5. The Balaban J connectivity index is 1.73. The maximum Gasteiger partial charge on any atom is 0.426 e. The lowest BCUT2D eigenvalue weighted by Crippen LogP contribution is -2.44. The summed E-state index contributed by atoms with van der Waals surface area (Å²) in [6.45, 7) is 10.2. The molecule has 214 valence electrons. The molecular weight excluding hydrogens is 532 g/mol. The van der Waals surface area contributed by atoms with Gasteiger partial charge in [-0.15, -0.1) is 0 Å². The van der Waals surface area contributed by atoms with Crippen molar-refractivity contribution in [3.8, 4) is 11.3 Å². The summed E-state index contributed by atoms with van der Waals surface area (Å²) in [5, 5.41) is 3.41. The molecule has 0 aliphatic heterocycles. The van der Waals surface area contributed by atoms with E-state index in [0.29, 0.717) is 27.9 Å².